The minimum absolute atomic E-state index is 0.0266. The molecule has 0 spiro atoms. The van der Waals surface area contributed by atoms with Gasteiger partial charge in [0.25, 0.3) is 0 Å². The molecule has 0 aliphatic rings. The van der Waals surface area contributed by atoms with Crippen LogP contribution in [0.5, 0.6) is 0 Å². The molecule has 0 N–H and O–H groups in total. The van der Waals surface area contributed by atoms with Crippen molar-refractivity contribution in [1.29, 1.82) is 0 Å². The molecule has 1 heterocycles. The van der Waals surface area contributed by atoms with E-state index in [1.807, 2.05) is 0 Å². The number of nitrogens with zero attached hydrogens (tertiary/aromatic N) is 1. The van der Waals surface area contributed by atoms with Crippen molar-refractivity contribution in [2.75, 3.05) is 20.3 Å². The molecule has 0 bridgehead atoms. The monoisotopic (exact) mass is 363 g/mol. The average molecular weight is 364 g/mol. The summed E-state index contributed by atoms with van der Waals surface area (Å²) in [5.74, 6) is 0. The van der Waals surface area contributed by atoms with Gasteiger partial charge in [-0.3, -0.25) is 0 Å². The molecule has 5 nitrogen and oxygen atoms in total. The molecule has 1 aromatic heterocycles. The van der Waals surface area contributed by atoms with Crippen LogP contribution in [0.2, 0.25) is 10.0 Å². The third-order valence-corrected chi connectivity index (χ3v) is 5.56. The van der Waals surface area contributed by atoms with Crippen molar-refractivity contribution in [3.8, 4) is 0 Å². The maximum atomic E-state index is 12.8. The maximum Gasteiger partial charge on any atom is 0.244 e. The Morgan fingerprint density at radius 3 is 2.68 bits per heavy atom. The molecule has 2 aromatic rings. The summed E-state index contributed by atoms with van der Waals surface area (Å²) in [4.78, 5) is -0.0266. The number of ether oxygens (including phenoxy) is 1. The van der Waals surface area contributed by atoms with Gasteiger partial charge in [0, 0.05) is 30.8 Å². The van der Waals surface area contributed by atoms with Crippen LogP contribution in [-0.4, -0.2) is 33.0 Å². The zero-order chi connectivity index (χ0) is 16.2. The van der Waals surface area contributed by atoms with E-state index in [1.165, 1.54) is 36.1 Å². The zero-order valence-corrected chi connectivity index (χ0v) is 14.2. The minimum Gasteiger partial charge on any atom is -0.472 e. The molecule has 0 aliphatic carbocycles. The Morgan fingerprint density at radius 2 is 2.05 bits per heavy atom. The molecule has 0 aliphatic heterocycles. The second kappa shape index (κ2) is 7.48. The normalized spacial score (nSPS) is 12.0. The zero-order valence-electron chi connectivity index (χ0n) is 11.8. The molecule has 1 aromatic carbocycles. The summed E-state index contributed by atoms with van der Waals surface area (Å²) in [6, 6.07) is 6.05. The fraction of sp³-hybridized carbons (Fsp3) is 0.286. The molecule has 2 rings (SSSR count). The lowest BCUT2D eigenvalue weighted by molar-refractivity contribution is 0.177. The molecular formula is C14H15Cl2NO4S. The molecule has 120 valence electrons. The Hall–Kier alpha value is -1.05. The fourth-order valence-corrected chi connectivity index (χ4v) is 4.03. The van der Waals surface area contributed by atoms with Gasteiger partial charge in [-0.2, -0.15) is 4.31 Å². The summed E-state index contributed by atoms with van der Waals surface area (Å²) in [5.41, 5.74) is 0.734. The largest absolute Gasteiger partial charge is 0.472 e. The van der Waals surface area contributed by atoms with Gasteiger partial charge < -0.3 is 9.15 Å². The molecule has 0 saturated heterocycles. The summed E-state index contributed by atoms with van der Waals surface area (Å²) >= 11 is 11.9. The highest BCUT2D eigenvalue weighted by atomic mass is 35.5. The smallest absolute Gasteiger partial charge is 0.244 e. The number of halogens is 2. The average Bonchev–Trinajstić information content (AvgIpc) is 2.98. The third-order valence-electron chi connectivity index (χ3n) is 2.99. The van der Waals surface area contributed by atoms with Gasteiger partial charge in [-0.15, -0.1) is 0 Å². The van der Waals surface area contributed by atoms with Crippen LogP contribution < -0.4 is 0 Å². The van der Waals surface area contributed by atoms with Gasteiger partial charge in [0.1, 0.15) is 4.90 Å². The first-order valence-electron chi connectivity index (χ1n) is 6.40. The molecule has 0 radical (unpaired) electrons. The summed E-state index contributed by atoms with van der Waals surface area (Å²) in [6.45, 7) is 0.604. The molecule has 0 fully saturated rings. The Bertz CT molecular complexity index is 716. The van der Waals surface area contributed by atoms with E-state index in [1.54, 1.807) is 12.1 Å². The van der Waals surface area contributed by atoms with Crippen LogP contribution in [0, 0.1) is 0 Å². The van der Waals surface area contributed by atoms with Crippen LogP contribution in [-0.2, 0) is 21.3 Å². The van der Waals surface area contributed by atoms with Crippen molar-refractivity contribution in [3.05, 3.63) is 52.4 Å². The number of rotatable bonds is 7. The lowest BCUT2D eigenvalue weighted by Crippen LogP contribution is -2.33. The van der Waals surface area contributed by atoms with Crippen LogP contribution in [0.25, 0.3) is 0 Å². The number of hydrogen-bond acceptors (Lipinski definition) is 4. The first-order valence-corrected chi connectivity index (χ1v) is 8.60. The lowest BCUT2D eigenvalue weighted by atomic mass is 10.3. The van der Waals surface area contributed by atoms with Crippen molar-refractivity contribution < 1.29 is 17.6 Å². The van der Waals surface area contributed by atoms with E-state index >= 15 is 0 Å². The Morgan fingerprint density at radius 1 is 1.27 bits per heavy atom. The minimum atomic E-state index is -3.81. The van der Waals surface area contributed by atoms with Gasteiger partial charge >= 0.3 is 0 Å². The third kappa shape index (κ3) is 4.02. The van der Waals surface area contributed by atoms with Crippen molar-refractivity contribution in [1.82, 2.24) is 4.31 Å². The second-order valence-corrected chi connectivity index (χ2v) is 7.29. The van der Waals surface area contributed by atoms with Crippen molar-refractivity contribution >= 4 is 33.2 Å². The number of hydrogen-bond donors (Lipinski definition) is 0. The SMILES string of the molecule is COCCN(Cc1ccoc1)S(=O)(=O)c1cc(Cl)ccc1Cl. The van der Waals surface area contributed by atoms with Gasteiger partial charge in [0.05, 0.1) is 24.2 Å². The Balaban J connectivity index is 2.37. The van der Waals surface area contributed by atoms with E-state index in [-0.39, 0.29) is 29.6 Å². The summed E-state index contributed by atoms with van der Waals surface area (Å²) in [7, 11) is -2.30. The summed E-state index contributed by atoms with van der Waals surface area (Å²) < 4.78 is 36.9. The number of sulfonamides is 1. The first-order chi connectivity index (χ1) is 10.4. The Kier molecular flexibility index (Phi) is 5.88. The van der Waals surface area contributed by atoms with Gasteiger partial charge in [0.15, 0.2) is 0 Å². The van der Waals surface area contributed by atoms with Crippen LogP contribution in [0.15, 0.2) is 46.1 Å². The molecule has 0 saturated carbocycles. The number of methoxy groups -OCH3 is 1. The summed E-state index contributed by atoms with van der Waals surface area (Å²) in [5, 5.41) is 0.428. The highest BCUT2D eigenvalue weighted by Gasteiger charge is 2.27. The van der Waals surface area contributed by atoms with Crippen molar-refractivity contribution in [2.45, 2.75) is 11.4 Å². The highest BCUT2D eigenvalue weighted by Crippen LogP contribution is 2.28. The maximum absolute atomic E-state index is 12.8. The quantitative estimate of drug-likeness (QED) is 0.755. The van der Waals surface area contributed by atoms with Gasteiger partial charge in [0.2, 0.25) is 10.0 Å². The van der Waals surface area contributed by atoms with E-state index < -0.39 is 10.0 Å². The van der Waals surface area contributed by atoms with E-state index in [9.17, 15) is 8.42 Å². The Labute approximate surface area is 139 Å². The standard InChI is InChI=1S/C14H15Cl2NO4S/c1-20-7-5-17(9-11-4-6-21-10-11)22(18,19)14-8-12(15)2-3-13(14)16/h2-4,6,8,10H,5,7,9H2,1H3. The molecule has 0 unspecified atom stereocenters. The lowest BCUT2D eigenvalue weighted by Gasteiger charge is -2.22. The fourth-order valence-electron chi connectivity index (χ4n) is 1.88. The molecular weight excluding hydrogens is 349 g/mol. The van der Waals surface area contributed by atoms with Crippen LogP contribution in [0.1, 0.15) is 5.56 Å². The van der Waals surface area contributed by atoms with Gasteiger partial charge in [-0.25, -0.2) is 8.42 Å². The van der Waals surface area contributed by atoms with E-state index in [0.717, 1.165) is 5.56 Å². The number of furan rings is 1. The predicted molar refractivity (Wildman–Crippen MR) is 84.6 cm³/mol. The van der Waals surface area contributed by atoms with Crippen molar-refractivity contribution in [3.63, 3.8) is 0 Å². The van der Waals surface area contributed by atoms with E-state index in [4.69, 9.17) is 32.4 Å². The predicted octanol–water partition coefficient (Wildman–Crippen LogP) is 3.42. The summed E-state index contributed by atoms with van der Waals surface area (Å²) in [6.07, 6.45) is 2.98. The van der Waals surface area contributed by atoms with E-state index in [2.05, 4.69) is 0 Å². The van der Waals surface area contributed by atoms with Crippen molar-refractivity contribution in [2.24, 2.45) is 0 Å². The van der Waals surface area contributed by atoms with Crippen LogP contribution >= 0.6 is 23.2 Å². The van der Waals surface area contributed by atoms with E-state index in [0.29, 0.717) is 5.02 Å². The molecule has 22 heavy (non-hydrogen) atoms. The van der Waals surface area contributed by atoms with Gasteiger partial charge in [-0.05, 0) is 24.3 Å². The topological polar surface area (TPSA) is 59.8 Å². The van der Waals surface area contributed by atoms with Crippen LogP contribution in [0.4, 0.5) is 0 Å². The second-order valence-electron chi connectivity index (χ2n) is 4.54. The molecule has 0 atom stereocenters. The highest BCUT2D eigenvalue weighted by molar-refractivity contribution is 7.89. The number of benzene rings is 1. The first kappa shape index (κ1) is 17.3. The van der Waals surface area contributed by atoms with Gasteiger partial charge in [-0.1, -0.05) is 23.2 Å². The molecule has 0 amide bonds. The van der Waals surface area contributed by atoms with Crippen LogP contribution in [0.3, 0.4) is 0 Å². The molecule has 8 heteroatoms.